The maximum absolute atomic E-state index is 12.3. The van der Waals surface area contributed by atoms with Crippen LogP contribution in [0.4, 0.5) is 0 Å². The van der Waals surface area contributed by atoms with Gasteiger partial charge in [0.2, 0.25) is 11.8 Å². The van der Waals surface area contributed by atoms with Crippen molar-refractivity contribution >= 4 is 42.3 Å². The number of guanidine groups is 2. The minimum absolute atomic E-state index is 0.0430. The van der Waals surface area contributed by atoms with Crippen LogP contribution in [-0.2, 0) is 14.4 Å². The molecule has 0 saturated carbocycles. The summed E-state index contributed by atoms with van der Waals surface area (Å²) < 4.78 is 0. The number of carbonyl (C=O) groups excluding carboxylic acids is 2. The topological polar surface area (TPSA) is 250 Å². The summed E-state index contributed by atoms with van der Waals surface area (Å²) in [6, 6.07) is -3.09. The Bertz CT molecular complexity index is 607. The van der Waals surface area contributed by atoms with Gasteiger partial charge < -0.3 is 44.4 Å². The van der Waals surface area contributed by atoms with E-state index in [9.17, 15) is 19.5 Å². The van der Waals surface area contributed by atoms with Crippen molar-refractivity contribution in [3.8, 4) is 0 Å². The van der Waals surface area contributed by atoms with Gasteiger partial charge in [0, 0.05) is 18.8 Å². The molecule has 3 atom stereocenters. The quantitative estimate of drug-likeness (QED) is 0.0567. The number of nitrogens with zero attached hydrogens (tertiary/aromatic N) is 2. The summed E-state index contributed by atoms with van der Waals surface area (Å²) in [5.74, 6) is -2.67. The van der Waals surface area contributed by atoms with E-state index >= 15 is 0 Å². The second kappa shape index (κ2) is 14.3. The zero-order valence-corrected chi connectivity index (χ0v) is 17.0. The molecule has 0 heterocycles. The molecular weight excluding hydrogens is 402 g/mol. The van der Waals surface area contributed by atoms with Crippen LogP contribution in [0.25, 0.3) is 0 Å². The third kappa shape index (κ3) is 12.4. The van der Waals surface area contributed by atoms with Gasteiger partial charge in [-0.25, -0.2) is 4.79 Å². The van der Waals surface area contributed by atoms with Crippen LogP contribution in [-0.4, -0.2) is 71.8 Å². The molecule has 0 radical (unpaired) electrons. The zero-order chi connectivity index (χ0) is 22.4. The number of carboxylic acids is 1. The molecule has 0 aliphatic carbocycles. The van der Waals surface area contributed by atoms with Crippen molar-refractivity contribution in [1.29, 1.82) is 0 Å². The van der Waals surface area contributed by atoms with Crippen molar-refractivity contribution < 1.29 is 19.5 Å². The number of aliphatic imine (C=N–C) groups is 2. The summed E-state index contributed by atoms with van der Waals surface area (Å²) >= 11 is 4.03. The molecule has 0 aromatic heterocycles. The average molecular weight is 434 g/mol. The van der Waals surface area contributed by atoms with E-state index < -0.39 is 35.9 Å². The van der Waals surface area contributed by atoms with E-state index in [4.69, 9.17) is 28.7 Å². The maximum Gasteiger partial charge on any atom is 0.326 e. The van der Waals surface area contributed by atoms with Crippen molar-refractivity contribution in [3.05, 3.63) is 0 Å². The van der Waals surface area contributed by atoms with Gasteiger partial charge in [-0.05, 0) is 25.7 Å². The standard InChI is InChI=1S/C15H31N9O4S/c16-8(3-1-5-21-14(17)18)11(25)24-10(7-29)12(26)23-9(13(27)28)4-2-6-22-15(19)20/h8-10,29H,1-7,16H2,(H,23,26)(H,24,25)(H,27,28)(H4,17,18,21)(H4,19,20,22)/t8-,9-,10-/m0/s1. The highest BCUT2D eigenvalue weighted by Gasteiger charge is 2.26. The molecule has 0 saturated heterocycles. The monoisotopic (exact) mass is 433 g/mol. The first-order chi connectivity index (χ1) is 13.6. The fourth-order valence-corrected chi connectivity index (χ4v) is 2.41. The summed E-state index contributed by atoms with van der Waals surface area (Å²) in [6.45, 7) is 0.545. The lowest BCUT2D eigenvalue weighted by atomic mass is 10.1. The number of hydrogen-bond donors (Lipinski definition) is 9. The van der Waals surface area contributed by atoms with E-state index in [1.54, 1.807) is 0 Å². The molecule has 0 aromatic rings. The molecule has 29 heavy (non-hydrogen) atoms. The second-order valence-electron chi connectivity index (χ2n) is 6.15. The zero-order valence-electron chi connectivity index (χ0n) is 16.1. The predicted molar refractivity (Wildman–Crippen MR) is 113 cm³/mol. The van der Waals surface area contributed by atoms with Gasteiger partial charge in [-0.1, -0.05) is 0 Å². The first kappa shape index (κ1) is 26.3. The summed E-state index contributed by atoms with van der Waals surface area (Å²) in [6.07, 6.45) is 1.22. The van der Waals surface area contributed by atoms with Gasteiger partial charge in [0.25, 0.3) is 0 Å². The van der Waals surface area contributed by atoms with Gasteiger partial charge >= 0.3 is 5.97 Å². The Morgan fingerprint density at radius 2 is 1.34 bits per heavy atom. The Labute approximate surface area is 174 Å². The molecule has 13 nitrogen and oxygen atoms in total. The second-order valence-corrected chi connectivity index (χ2v) is 6.51. The predicted octanol–water partition coefficient (Wildman–Crippen LogP) is -3.60. The molecule has 0 aromatic carbocycles. The minimum atomic E-state index is -1.22. The number of rotatable bonds is 14. The SMILES string of the molecule is NC(N)=NCCC[C@H](NC(=O)[C@H](CS)NC(=O)[C@@H](N)CCCN=C(N)N)C(=O)O. The molecule has 0 bridgehead atoms. The molecule has 0 spiro atoms. The highest BCUT2D eigenvalue weighted by Crippen LogP contribution is 2.02. The average Bonchev–Trinajstić information content (AvgIpc) is 2.64. The Morgan fingerprint density at radius 1 is 0.862 bits per heavy atom. The van der Waals surface area contributed by atoms with Crippen molar-refractivity contribution in [2.45, 2.75) is 43.8 Å². The maximum atomic E-state index is 12.3. The molecule has 166 valence electrons. The van der Waals surface area contributed by atoms with E-state index in [-0.39, 0.29) is 30.6 Å². The number of nitrogens with two attached hydrogens (primary N) is 5. The lowest BCUT2D eigenvalue weighted by Crippen LogP contribution is -2.55. The number of thiol groups is 1. The van der Waals surface area contributed by atoms with Gasteiger partial charge in [-0.15, -0.1) is 0 Å². The van der Waals surface area contributed by atoms with Crippen LogP contribution in [0.3, 0.4) is 0 Å². The van der Waals surface area contributed by atoms with Crippen LogP contribution in [0.5, 0.6) is 0 Å². The van der Waals surface area contributed by atoms with Gasteiger partial charge in [0.15, 0.2) is 11.9 Å². The molecule has 2 amide bonds. The lowest BCUT2D eigenvalue weighted by molar-refractivity contribution is -0.142. The number of amides is 2. The highest BCUT2D eigenvalue weighted by molar-refractivity contribution is 7.80. The lowest BCUT2D eigenvalue weighted by Gasteiger charge is -2.21. The van der Waals surface area contributed by atoms with E-state index in [0.29, 0.717) is 25.8 Å². The van der Waals surface area contributed by atoms with Crippen LogP contribution < -0.4 is 39.3 Å². The van der Waals surface area contributed by atoms with Gasteiger partial charge in [-0.2, -0.15) is 12.6 Å². The Balaban J connectivity index is 4.63. The third-order valence-electron chi connectivity index (χ3n) is 3.68. The molecular formula is C15H31N9O4S. The van der Waals surface area contributed by atoms with Crippen LogP contribution in [0.2, 0.25) is 0 Å². The van der Waals surface area contributed by atoms with Crippen molar-refractivity contribution in [2.24, 2.45) is 38.7 Å². The number of nitrogens with one attached hydrogen (secondary N) is 2. The number of carboxylic acid groups (broad SMARTS) is 1. The fourth-order valence-electron chi connectivity index (χ4n) is 2.16. The van der Waals surface area contributed by atoms with E-state index in [1.807, 2.05) is 0 Å². The van der Waals surface area contributed by atoms with Gasteiger partial charge in [0.1, 0.15) is 12.1 Å². The van der Waals surface area contributed by atoms with Crippen LogP contribution in [0, 0.1) is 0 Å². The summed E-state index contributed by atoms with van der Waals surface area (Å²) in [5, 5.41) is 14.1. The highest BCUT2D eigenvalue weighted by atomic mass is 32.1. The third-order valence-corrected chi connectivity index (χ3v) is 4.04. The molecule has 0 aliphatic rings. The number of hydrogen-bond acceptors (Lipinski definition) is 7. The van der Waals surface area contributed by atoms with E-state index in [2.05, 4.69) is 33.2 Å². The number of aliphatic carboxylic acids is 1. The van der Waals surface area contributed by atoms with Crippen LogP contribution >= 0.6 is 12.6 Å². The smallest absolute Gasteiger partial charge is 0.326 e. The Morgan fingerprint density at radius 3 is 1.79 bits per heavy atom. The summed E-state index contributed by atoms with van der Waals surface area (Å²) in [5.41, 5.74) is 26.6. The normalized spacial score (nSPS) is 13.4. The number of carbonyl (C=O) groups is 3. The Hall–Kier alpha value is -2.74. The molecule has 0 fully saturated rings. The molecule has 0 aliphatic heterocycles. The fraction of sp³-hybridized carbons (Fsp3) is 0.667. The summed E-state index contributed by atoms with van der Waals surface area (Å²) in [4.78, 5) is 43.4. The Kier molecular flexibility index (Phi) is 12.9. The van der Waals surface area contributed by atoms with Crippen molar-refractivity contribution in [1.82, 2.24) is 10.6 Å². The van der Waals surface area contributed by atoms with E-state index in [0.717, 1.165) is 0 Å². The van der Waals surface area contributed by atoms with E-state index in [1.165, 1.54) is 0 Å². The van der Waals surface area contributed by atoms with Crippen molar-refractivity contribution in [2.75, 3.05) is 18.8 Å². The first-order valence-corrected chi connectivity index (χ1v) is 9.52. The van der Waals surface area contributed by atoms with Crippen LogP contribution in [0.15, 0.2) is 9.98 Å². The van der Waals surface area contributed by atoms with Crippen molar-refractivity contribution in [3.63, 3.8) is 0 Å². The first-order valence-electron chi connectivity index (χ1n) is 8.89. The van der Waals surface area contributed by atoms with Gasteiger partial charge in [-0.3, -0.25) is 19.6 Å². The molecule has 0 rings (SSSR count). The van der Waals surface area contributed by atoms with Crippen LogP contribution in [0.1, 0.15) is 25.7 Å². The summed E-state index contributed by atoms with van der Waals surface area (Å²) in [7, 11) is 0. The minimum Gasteiger partial charge on any atom is -0.480 e. The molecule has 0 unspecified atom stereocenters. The largest absolute Gasteiger partial charge is 0.480 e. The molecule has 14 heteroatoms. The van der Waals surface area contributed by atoms with Gasteiger partial charge in [0.05, 0.1) is 6.04 Å². The molecule has 13 N–H and O–H groups in total.